The summed E-state index contributed by atoms with van der Waals surface area (Å²) < 4.78 is 5.41. The van der Waals surface area contributed by atoms with Crippen molar-refractivity contribution in [2.24, 2.45) is 5.92 Å². The van der Waals surface area contributed by atoms with Crippen LogP contribution in [0.15, 0.2) is 18.2 Å². The van der Waals surface area contributed by atoms with Crippen molar-refractivity contribution >= 4 is 11.4 Å². The largest absolute Gasteiger partial charge is 0.497 e. The van der Waals surface area contributed by atoms with Crippen LogP contribution in [0.25, 0.3) is 0 Å². The Bertz CT molecular complexity index is 488. The maximum absolute atomic E-state index is 5.41. The molecule has 1 aliphatic carbocycles. The first kappa shape index (κ1) is 11.4. The van der Waals surface area contributed by atoms with Gasteiger partial charge in [0.2, 0.25) is 0 Å². The normalized spacial score (nSPS) is 32.1. The predicted octanol–water partition coefficient (Wildman–Crippen LogP) is 3.26. The number of methoxy groups -OCH3 is 1. The van der Waals surface area contributed by atoms with E-state index >= 15 is 0 Å². The molecule has 2 fully saturated rings. The zero-order chi connectivity index (χ0) is 12.8. The number of nitrogens with one attached hydrogen (secondary N) is 1. The van der Waals surface area contributed by atoms with Gasteiger partial charge in [-0.1, -0.05) is 12.8 Å². The van der Waals surface area contributed by atoms with E-state index in [1.165, 1.54) is 43.5 Å². The number of hydrogen-bond donors (Lipinski definition) is 1. The molecular weight excluding hydrogens is 236 g/mol. The second kappa shape index (κ2) is 4.32. The van der Waals surface area contributed by atoms with E-state index in [-0.39, 0.29) is 0 Å². The molecule has 3 aliphatic rings. The van der Waals surface area contributed by atoms with Crippen molar-refractivity contribution in [3.05, 3.63) is 18.2 Å². The Hall–Kier alpha value is -1.38. The minimum absolute atomic E-state index is 0.688. The summed E-state index contributed by atoms with van der Waals surface area (Å²) in [4.78, 5) is 2.71. The fourth-order valence-corrected chi connectivity index (χ4v) is 4.35. The Balaban J connectivity index is 1.74. The summed E-state index contributed by atoms with van der Waals surface area (Å²) in [7, 11) is 1.75. The van der Waals surface area contributed by atoms with Crippen molar-refractivity contribution in [2.75, 3.05) is 23.9 Å². The van der Waals surface area contributed by atoms with Crippen LogP contribution >= 0.6 is 0 Å². The lowest BCUT2D eigenvalue weighted by Crippen LogP contribution is -2.44. The molecule has 0 spiro atoms. The van der Waals surface area contributed by atoms with Crippen molar-refractivity contribution in [1.82, 2.24) is 0 Å². The van der Waals surface area contributed by atoms with Crippen LogP contribution in [0.3, 0.4) is 0 Å². The first-order valence-electron chi connectivity index (χ1n) is 7.57. The molecule has 2 heterocycles. The van der Waals surface area contributed by atoms with E-state index < -0.39 is 0 Å². The molecule has 1 saturated carbocycles. The Morgan fingerprint density at radius 3 is 3.05 bits per heavy atom. The summed E-state index contributed by atoms with van der Waals surface area (Å²) in [6.45, 7) is 1.10. The van der Waals surface area contributed by atoms with Crippen molar-refractivity contribution in [2.45, 2.75) is 44.2 Å². The minimum Gasteiger partial charge on any atom is -0.497 e. The second-order valence-electron chi connectivity index (χ2n) is 6.17. The predicted molar refractivity (Wildman–Crippen MR) is 78.1 cm³/mol. The average molecular weight is 258 g/mol. The van der Waals surface area contributed by atoms with Crippen LogP contribution in [0.5, 0.6) is 5.75 Å². The monoisotopic (exact) mass is 258 g/mol. The van der Waals surface area contributed by atoms with E-state index in [0.717, 1.165) is 24.3 Å². The minimum atomic E-state index is 0.688. The molecule has 1 N–H and O–H groups in total. The summed E-state index contributed by atoms with van der Waals surface area (Å²) in [5.41, 5.74) is 2.65. The lowest BCUT2D eigenvalue weighted by atomic mass is 9.85. The van der Waals surface area contributed by atoms with Crippen LogP contribution in [0.4, 0.5) is 11.4 Å². The lowest BCUT2D eigenvalue weighted by molar-refractivity contribution is 0.342. The number of ether oxygens (including phenoxy) is 1. The number of rotatable bonds is 1. The highest BCUT2D eigenvalue weighted by atomic mass is 16.5. The van der Waals surface area contributed by atoms with Crippen molar-refractivity contribution in [3.8, 4) is 5.75 Å². The Morgan fingerprint density at radius 1 is 1.26 bits per heavy atom. The Kier molecular flexibility index (Phi) is 2.61. The summed E-state index contributed by atoms with van der Waals surface area (Å²) in [6, 6.07) is 7.89. The molecule has 102 valence electrons. The van der Waals surface area contributed by atoms with Crippen molar-refractivity contribution in [3.63, 3.8) is 0 Å². The number of fused-ring (bicyclic) bond motifs is 5. The summed E-state index contributed by atoms with van der Waals surface area (Å²) in [5.74, 6) is 1.89. The fraction of sp³-hybridized carbons (Fsp3) is 0.625. The van der Waals surface area contributed by atoms with Crippen molar-refractivity contribution in [1.29, 1.82) is 0 Å². The first-order chi connectivity index (χ1) is 9.36. The van der Waals surface area contributed by atoms with Gasteiger partial charge in [0.05, 0.1) is 18.5 Å². The SMILES string of the molecule is COc1ccc2c(c1)N1C(CN2)CC2CCCCC21. The van der Waals surface area contributed by atoms with E-state index in [2.05, 4.69) is 28.4 Å². The average Bonchev–Trinajstić information content (AvgIpc) is 2.85. The van der Waals surface area contributed by atoms with Gasteiger partial charge >= 0.3 is 0 Å². The topological polar surface area (TPSA) is 24.5 Å². The molecule has 1 saturated heterocycles. The number of nitrogens with zero attached hydrogens (tertiary/aromatic N) is 1. The molecule has 3 nitrogen and oxygen atoms in total. The van der Waals surface area contributed by atoms with E-state index in [0.29, 0.717) is 6.04 Å². The summed E-state index contributed by atoms with van der Waals surface area (Å²) in [5, 5.41) is 3.60. The quantitative estimate of drug-likeness (QED) is 0.836. The van der Waals surface area contributed by atoms with E-state index in [4.69, 9.17) is 4.74 Å². The Morgan fingerprint density at radius 2 is 2.16 bits per heavy atom. The molecule has 4 rings (SSSR count). The molecule has 0 bridgehead atoms. The van der Waals surface area contributed by atoms with Gasteiger partial charge in [0, 0.05) is 24.7 Å². The molecule has 19 heavy (non-hydrogen) atoms. The third-order valence-electron chi connectivity index (χ3n) is 5.21. The van der Waals surface area contributed by atoms with Gasteiger partial charge in [-0.3, -0.25) is 0 Å². The molecule has 0 radical (unpaired) electrons. The van der Waals surface area contributed by atoms with Gasteiger partial charge in [0.25, 0.3) is 0 Å². The maximum atomic E-state index is 5.41. The van der Waals surface area contributed by atoms with Crippen LogP contribution in [0.2, 0.25) is 0 Å². The summed E-state index contributed by atoms with van der Waals surface area (Å²) >= 11 is 0. The van der Waals surface area contributed by atoms with Gasteiger partial charge in [-0.15, -0.1) is 0 Å². The molecule has 1 aromatic rings. The van der Waals surface area contributed by atoms with Gasteiger partial charge in [0.1, 0.15) is 5.75 Å². The van der Waals surface area contributed by atoms with E-state index in [9.17, 15) is 0 Å². The molecule has 0 aromatic heterocycles. The van der Waals surface area contributed by atoms with Crippen LogP contribution in [-0.2, 0) is 0 Å². The molecule has 2 aliphatic heterocycles. The van der Waals surface area contributed by atoms with Gasteiger partial charge in [-0.2, -0.15) is 0 Å². The maximum Gasteiger partial charge on any atom is 0.121 e. The van der Waals surface area contributed by atoms with Crippen LogP contribution in [-0.4, -0.2) is 25.7 Å². The molecule has 3 atom stereocenters. The number of benzene rings is 1. The third-order valence-corrected chi connectivity index (χ3v) is 5.21. The molecule has 1 aromatic carbocycles. The van der Waals surface area contributed by atoms with Gasteiger partial charge < -0.3 is 15.0 Å². The molecule has 3 unspecified atom stereocenters. The van der Waals surface area contributed by atoms with Crippen molar-refractivity contribution < 1.29 is 4.74 Å². The Labute approximate surface area is 114 Å². The van der Waals surface area contributed by atoms with E-state index in [1.54, 1.807) is 7.11 Å². The van der Waals surface area contributed by atoms with E-state index in [1.807, 2.05) is 0 Å². The van der Waals surface area contributed by atoms with Gasteiger partial charge in [-0.25, -0.2) is 0 Å². The highest BCUT2D eigenvalue weighted by molar-refractivity contribution is 5.75. The zero-order valence-electron chi connectivity index (χ0n) is 11.6. The fourth-order valence-electron chi connectivity index (χ4n) is 4.35. The summed E-state index contributed by atoms with van der Waals surface area (Å²) in [6.07, 6.45) is 7.00. The smallest absolute Gasteiger partial charge is 0.121 e. The van der Waals surface area contributed by atoms with Crippen LogP contribution in [0, 0.1) is 5.92 Å². The second-order valence-corrected chi connectivity index (χ2v) is 6.17. The molecule has 0 amide bonds. The highest BCUT2D eigenvalue weighted by Crippen LogP contribution is 2.47. The molecular formula is C16H22N2O. The van der Waals surface area contributed by atoms with Crippen LogP contribution < -0.4 is 15.0 Å². The van der Waals surface area contributed by atoms with Crippen LogP contribution in [0.1, 0.15) is 32.1 Å². The van der Waals surface area contributed by atoms with Gasteiger partial charge in [-0.05, 0) is 37.3 Å². The lowest BCUT2D eigenvalue weighted by Gasteiger charge is -2.40. The number of hydrogen-bond acceptors (Lipinski definition) is 3. The third kappa shape index (κ3) is 1.71. The highest BCUT2D eigenvalue weighted by Gasteiger charge is 2.44. The van der Waals surface area contributed by atoms with Gasteiger partial charge in [0.15, 0.2) is 0 Å². The standard InChI is InChI=1S/C16H22N2O/c1-19-13-6-7-14-16(9-13)18-12(10-17-14)8-11-4-2-3-5-15(11)18/h6-7,9,11-12,15,17H,2-5,8,10H2,1H3. The number of anilines is 2. The zero-order valence-corrected chi connectivity index (χ0v) is 11.6. The molecule has 3 heteroatoms. The first-order valence-corrected chi connectivity index (χ1v) is 7.57.